The maximum Gasteiger partial charge on any atom is 0.247 e. The third-order valence-corrected chi connectivity index (χ3v) is 15.3. The van der Waals surface area contributed by atoms with Crippen molar-refractivity contribution in [2.24, 2.45) is 10.8 Å². The molecule has 0 unspecified atom stereocenters. The predicted octanol–water partition coefficient (Wildman–Crippen LogP) is 3.89. The molecule has 0 aliphatic carbocycles. The zero-order valence-electron chi connectivity index (χ0n) is 36.3. The standard InChI is InChI=1S/C45H63N7O6S2/c1-26(46-7)39(54)49-32-19-21-59-35-24-44(3,4)37(51(35)42(32)57)34(53)23-30-13-11-28(12-14-30)9-10-29-15-17-31(18-16-29)48-41(56)38-45(5,6)25-36-52(38)43(58)33(20-22-60-36)50-40(55)27(2)47-8/h11-18,26-27,32-33,35-38,46-47H,9-10,19-25H2,1-8H3,(H,48,56)(H,49,54)(H,50,55)/t26-,27-,32-,33-,35+,36-,37+,38+/m0/s1. The van der Waals surface area contributed by atoms with Gasteiger partial charge < -0.3 is 36.4 Å². The van der Waals surface area contributed by atoms with Gasteiger partial charge in [0.05, 0.1) is 28.9 Å². The van der Waals surface area contributed by atoms with Crippen molar-refractivity contribution in [3.8, 4) is 0 Å². The number of carbonyl (C=O) groups excluding carboxylic acids is 6. The Hall–Kier alpha value is -3.92. The average Bonchev–Trinajstić information content (AvgIpc) is 3.53. The first-order chi connectivity index (χ1) is 28.4. The molecule has 4 aliphatic heterocycles. The Morgan fingerprint density at radius 1 is 0.667 bits per heavy atom. The number of hydrogen-bond donors (Lipinski definition) is 5. The normalized spacial score (nSPS) is 26.9. The number of Topliss-reactive ketones (excluding diaryl/α,β-unsaturated/α-hetero) is 1. The van der Waals surface area contributed by atoms with Crippen molar-refractivity contribution in [3.05, 3.63) is 65.2 Å². The highest BCUT2D eigenvalue weighted by Gasteiger charge is 2.55. The van der Waals surface area contributed by atoms with E-state index in [-0.39, 0.29) is 52.5 Å². The third kappa shape index (κ3) is 10.1. The predicted molar refractivity (Wildman–Crippen MR) is 238 cm³/mol. The highest BCUT2D eigenvalue weighted by Crippen LogP contribution is 2.48. The lowest BCUT2D eigenvalue weighted by Crippen LogP contribution is -2.57. The summed E-state index contributed by atoms with van der Waals surface area (Å²) in [6.45, 7) is 11.7. The summed E-state index contributed by atoms with van der Waals surface area (Å²) in [6.07, 6.45) is 4.23. The van der Waals surface area contributed by atoms with Crippen LogP contribution in [-0.2, 0) is 48.0 Å². The van der Waals surface area contributed by atoms with Gasteiger partial charge >= 0.3 is 0 Å². The molecule has 13 nitrogen and oxygen atoms in total. The second-order valence-electron chi connectivity index (χ2n) is 18.2. The summed E-state index contributed by atoms with van der Waals surface area (Å²) in [5.41, 5.74) is 2.93. The van der Waals surface area contributed by atoms with Crippen LogP contribution in [0.1, 0.15) is 83.9 Å². The fourth-order valence-corrected chi connectivity index (χ4v) is 12.2. The summed E-state index contributed by atoms with van der Waals surface area (Å²) in [5.74, 6) is 0.360. The topological polar surface area (TPSA) is 169 Å². The highest BCUT2D eigenvalue weighted by atomic mass is 32.2. The lowest BCUT2D eigenvalue weighted by Gasteiger charge is -2.34. The Labute approximate surface area is 363 Å². The van der Waals surface area contributed by atoms with Crippen molar-refractivity contribution in [3.63, 3.8) is 0 Å². The molecule has 0 bridgehead atoms. The molecule has 0 saturated carbocycles. The summed E-state index contributed by atoms with van der Waals surface area (Å²) in [5, 5.41) is 14.5. The molecule has 60 heavy (non-hydrogen) atoms. The fourth-order valence-electron chi connectivity index (χ4n) is 9.04. The van der Waals surface area contributed by atoms with Crippen molar-refractivity contribution < 1.29 is 28.8 Å². The van der Waals surface area contributed by atoms with Gasteiger partial charge in [0, 0.05) is 12.1 Å². The van der Waals surface area contributed by atoms with Gasteiger partial charge in [-0.25, -0.2) is 0 Å². The summed E-state index contributed by atoms with van der Waals surface area (Å²) in [6, 6.07) is 12.4. The molecule has 0 radical (unpaired) electrons. The average molecular weight is 862 g/mol. The molecule has 4 aliphatic rings. The number of likely N-dealkylation sites (N-methyl/N-ethyl adjacent to an activating group) is 2. The van der Waals surface area contributed by atoms with Crippen LogP contribution < -0.4 is 26.6 Å². The molecule has 2 aromatic carbocycles. The molecular weight excluding hydrogens is 799 g/mol. The van der Waals surface area contributed by atoms with Gasteiger partial charge in [-0.15, -0.1) is 23.5 Å². The summed E-state index contributed by atoms with van der Waals surface area (Å²) in [7, 11) is 3.41. The SMILES string of the molecule is CN[C@@H](C)C(=O)N[C@H]1CCS[C@H]2CC(C)(C)[C@@H](C(=O)Nc3ccc(CCc4ccc(CC(=O)[C@H]5N6C(=O)[C@@H](NC(=O)[C@H](C)NC)CCS[C@@H]6CC5(C)C)cc4)cc3)N2C1=O. The number of thioether (sulfide) groups is 2. The second kappa shape index (κ2) is 19.0. The number of hydrogen-bond acceptors (Lipinski definition) is 10. The summed E-state index contributed by atoms with van der Waals surface area (Å²) in [4.78, 5) is 84.6. The van der Waals surface area contributed by atoms with Crippen LogP contribution in [-0.4, -0.2) is 118 Å². The Kier molecular flexibility index (Phi) is 14.4. The number of benzene rings is 2. The maximum absolute atomic E-state index is 14.0. The van der Waals surface area contributed by atoms with Crippen molar-refractivity contribution in [2.45, 2.75) is 133 Å². The van der Waals surface area contributed by atoms with E-state index in [0.717, 1.165) is 41.7 Å². The molecular formula is C45H63N7O6S2. The van der Waals surface area contributed by atoms with Crippen LogP contribution in [0.15, 0.2) is 48.5 Å². The molecule has 4 heterocycles. The number of nitrogens with zero attached hydrogens (tertiary/aromatic N) is 2. The van der Waals surface area contributed by atoms with Crippen molar-refractivity contribution in [1.29, 1.82) is 0 Å². The van der Waals surface area contributed by atoms with Gasteiger partial charge in [-0.05, 0) is 118 Å². The first-order valence-electron chi connectivity index (χ1n) is 21.3. The van der Waals surface area contributed by atoms with Gasteiger partial charge in [-0.2, -0.15) is 0 Å². The third-order valence-electron chi connectivity index (χ3n) is 12.8. The van der Waals surface area contributed by atoms with Crippen LogP contribution in [0.2, 0.25) is 0 Å². The number of nitrogens with one attached hydrogen (secondary N) is 5. The quantitative estimate of drug-likeness (QED) is 0.188. The lowest BCUT2D eigenvalue weighted by molar-refractivity contribution is -0.142. The van der Waals surface area contributed by atoms with E-state index < -0.39 is 47.1 Å². The number of carbonyl (C=O) groups is 6. The zero-order valence-corrected chi connectivity index (χ0v) is 37.9. The van der Waals surface area contributed by atoms with Crippen LogP contribution >= 0.6 is 23.5 Å². The molecule has 6 rings (SSSR count). The first-order valence-corrected chi connectivity index (χ1v) is 23.4. The molecule has 5 N–H and O–H groups in total. The molecule has 8 atom stereocenters. The molecule has 0 spiro atoms. The smallest absolute Gasteiger partial charge is 0.247 e. The van der Waals surface area contributed by atoms with Crippen molar-refractivity contribution in [2.75, 3.05) is 30.9 Å². The molecule has 2 aromatic rings. The van der Waals surface area contributed by atoms with Gasteiger partial charge in [-0.1, -0.05) is 64.1 Å². The minimum atomic E-state index is -0.684. The highest BCUT2D eigenvalue weighted by molar-refractivity contribution is 8.00. The van der Waals surface area contributed by atoms with Crippen LogP contribution in [0.4, 0.5) is 5.69 Å². The van der Waals surface area contributed by atoms with Gasteiger partial charge in [0.2, 0.25) is 29.5 Å². The number of aryl methyl sites for hydroxylation is 2. The van der Waals surface area contributed by atoms with E-state index >= 15 is 0 Å². The number of anilines is 1. The summed E-state index contributed by atoms with van der Waals surface area (Å²) >= 11 is 3.37. The van der Waals surface area contributed by atoms with Crippen LogP contribution in [0.3, 0.4) is 0 Å². The lowest BCUT2D eigenvalue weighted by atomic mass is 9.81. The van der Waals surface area contributed by atoms with E-state index in [1.54, 1.807) is 61.3 Å². The first kappa shape index (κ1) is 45.6. The molecule has 326 valence electrons. The van der Waals surface area contributed by atoms with Gasteiger partial charge in [0.15, 0.2) is 5.78 Å². The van der Waals surface area contributed by atoms with E-state index in [2.05, 4.69) is 52.6 Å². The summed E-state index contributed by atoms with van der Waals surface area (Å²) < 4.78 is 0. The molecule has 5 amide bonds. The molecule has 4 saturated heterocycles. The van der Waals surface area contributed by atoms with Crippen LogP contribution in [0.5, 0.6) is 0 Å². The maximum atomic E-state index is 14.0. The minimum absolute atomic E-state index is 0.00714. The van der Waals surface area contributed by atoms with Gasteiger partial charge in [0.25, 0.3) is 0 Å². The van der Waals surface area contributed by atoms with Crippen LogP contribution in [0.25, 0.3) is 0 Å². The van der Waals surface area contributed by atoms with E-state index in [4.69, 9.17) is 0 Å². The van der Waals surface area contributed by atoms with E-state index in [1.165, 1.54) is 0 Å². The number of fused-ring (bicyclic) bond motifs is 2. The van der Waals surface area contributed by atoms with Gasteiger partial charge in [-0.3, -0.25) is 28.8 Å². The van der Waals surface area contributed by atoms with Crippen molar-refractivity contribution >= 4 is 64.5 Å². The van der Waals surface area contributed by atoms with E-state index in [1.807, 2.05) is 50.2 Å². The molecule has 0 aromatic heterocycles. The Balaban J connectivity index is 1.04. The Bertz CT molecular complexity index is 1790. The number of ketones is 1. The van der Waals surface area contributed by atoms with Crippen molar-refractivity contribution in [1.82, 2.24) is 31.1 Å². The molecule has 15 heteroatoms. The number of rotatable bonds is 14. The molecule has 4 fully saturated rings. The Morgan fingerprint density at radius 3 is 1.55 bits per heavy atom. The van der Waals surface area contributed by atoms with Gasteiger partial charge in [0.1, 0.15) is 18.1 Å². The monoisotopic (exact) mass is 861 g/mol. The van der Waals surface area contributed by atoms with E-state index in [0.29, 0.717) is 30.7 Å². The fraction of sp³-hybridized carbons (Fsp3) is 0.600. The Morgan fingerprint density at radius 2 is 1.08 bits per heavy atom. The zero-order chi connectivity index (χ0) is 43.5. The minimum Gasteiger partial charge on any atom is -0.343 e. The van der Waals surface area contributed by atoms with E-state index in [9.17, 15) is 28.8 Å². The number of amides is 5. The second-order valence-corrected chi connectivity index (χ2v) is 20.8. The largest absolute Gasteiger partial charge is 0.343 e. The van der Waals surface area contributed by atoms with Crippen LogP contribution in [0, 0.1) is 10.8 Å².